The van der Waals surface area contributed by atoms with Crippen molar-refractivity contribution >= 4 is 15.9 Å². The summed E-state index contributed by atoms with van der Waals surface area (Å²) >= 11 is 0. The summed E-state index contributed by atoms with van der Waals surface area (Å²) in [5, 5.41) is 2.85. The molecule has 2 aromatic rings. The highest BCUT2D eigenvalue weighted by Gasteiger charge is 2.28. The number of amides is 1. The van der Waals surface area contributed by atoms with Gasteiger partial charge in [-0.15, -0.1) is 0 Å². The monoisotopic (exact) mass is 416 g/mol. The Balaban J connectivity index is 1.55. The number of likely N-dealkylation sites (tertiary alicyclic amines) is 1. The second-order valence-corrected chi connectivity index (χ2v) is 9.57. The first-order valence-corrected chi connectivity index (χ1v) is 11.4. The summed E-state index contributed by atoms with van der Waals surface area (Å²) in [4.78, 5) is 18.2. The molecule has 156 valence electrons. The molecule has 2 heterocycles. The standard InChI is InChI=1S/C21H28N4O3S/c1-24-13-9-20(10-14-24)25(2)29(27,28)16-18-5-3-17(4-6-18)15-23-21(26)19-7-11-22-12-8-19/h3-8,11-12,20H,9-10,13-16H2,1-2H3,(H,23,26). The Morgan fingerprint density at radius 2 is 1.69 bits per heavy atom. The van der Waals surface area contributed by atoms with Gasteiger partial charge < -0.3 is 10.2 Å². The summed E-state index contributed by atoms with van der Waals surface area (Å²) in [6.07, 6.45) is 4.88. The number of carbonyl (C=O) groups is 1. The molecule has 8 heteroatoms. The number of piperidine rings is 1. The number of nitrogens with one attached hydrogen (secondary N) is 1. The van der Waals surface area contributed by atoms with Crippen LogP contribution in [0.3, 0.4) is 0 Å². The van der Waals surface area contributed by atoms with Gasteiger partial charge in [0.05, 0.1) is 5.75 Å². The largest absolute Gasteiger partial charge is 0.348 e. The Morgan fingerprint density at radius 3 is 2.31 bits per heavy atom. The third-order valence-electron chi connectivity index (χ3n) is 5.41. The van der Waals surface area contributed by atoms with Gasteiger partial charge in [-0.05, 0) is 56.2 Å². The molecule has 1 aliphatic rings. The maximum absolute atomic E-state index is 12.8. The Kier molecular flexibility index (Phi) is 7.00. The van der Waals surface area contributed by atoms with E-state index >= 15 is 0 Å². The number of rotatable bonds is 7. The molecule has 7 nitrogen and oxygen atoms in total. The topological polar surface area (TPSA) is 82.6 Å². The summed E-state index contributed by atoms with van der Waals surface area (Å²) < 4.78 is 27.1. The van der Waals surface area contributed by atoms with Crippen LogP contribution < -0.4 is 5.32 Å². The fourth-order valence-electron chi connectivity index (χ4n) is 3.44. The van der Waals surface area contributed by atoms with Crippen LogP contribution in [-0.4, -0.2) is 61.7 Å². The lowest BCUT2D eigenvalue weighted by molar-refractivity contribution is 0.0951. The van der Waals surface area contributed by atoms with Gasteiger partial charge >= 0.3 is 0 Å². The predicted octanol–water partition coefficient (Wildman–Crippen LogP) is 1.87. The summed E-state index contributed by atoms with van der Waals surface area (Å²) in [5.74, 6) is -0.182. The van der Waals surface area contributed by atoms with Crippen LogP contribution in [0.5, 0.6) is 0 Å². The fraction of sp³-hybridized carbons (Fsp3) is 0.429. The van der Waals surface area contributed by atoms with Gasteiger partial charge in [-0.3, -0.25) is 9.78 Å². The Labute approximate surface area is 172 Å². The Hall–Kier alpha value is -2.29. The first-order chi connectivity index (χ1) is 13.8. The molecule has 29 heavy (non-hydrogen) atoms. The molecule has 1 amide bonds. The van der Waals surface area contributed by atoms with Crippen LogP contribution in [0, 0.1) is 0 Å². The quantitative estimate of drug-likeness (QED) is 0.745. The minimum Gasteiger partial charge on any atom is -0.348 e. The number of carbonyl (C=O) groups excluding carboxylic acids is 1. The summed E-state index contributed by atoms with van der Waals surface area (Å²) in [6.45, 7) is 2.22. The van der Waals surface area contributed by atoms with Crippen molar-refractivity contribution in [1.29, 1.82) is 0 Å². The second kappa shape index (κ2) is 9.47. The fourth-order valence-corrected chi connectivity index (χ4v) is 4.92. The molecule has 3 rings (SSSR count). The molecule has 1 saturated heterocycles. The molecule has 0 aliphatic carbocycles. The van der Waals surface area contributed by atoms with E-state index in [1.165, 1.54) is 0 Å². The minimum absolute atomic E-state index is 0.0144. The van der Waals surface area contributed by atoms with Crippen LogP contribution >= 0.6 is 0 Å². The van der Waals surface area contributed by atoms with Gasteiger partial charge in [0.1, 0.15) is 0 Å². The van der Waals surface area contributed by atoms with Crippen LogP contribution in [0.2, 0.25) is 0 Å². The molecule has 1 aromatic carbocycles. The Morgan fingerprint density at radius 1 is 1.10 bits per heavy atom. The molecular formula is C21H28N4O3S. The number of benzene rings is 1. The summed E-state index contributed by atoms with van der Waals surface area (Å²) in [7, 11) is 0.384. The number of sulfonamides is 1. The van der Waals surface area contributed by atoms with Crippen molar-refractivity contribution in [2.75, 3.05) is 27.2 Å². The van der Waals surface area contributed by atoms with Gasteiger partial charge in [-0.1, -0.05) is 24.3 Å². The maximum Gasteiger partial charge on any atom is 0.251 e. The minimum atomic E-state index is -3.37. The van der Waals surface area contributed by atoms with E-state index in [0.29, 0.717) is 12.1 Å². The van der Waals surface area contributed by atoms with E-state index in [-0.39, 0.29) is 17.7 Å². The number of nitrogens with zero attached hydrogens (tertiary/aromatic N) is 3. The first kappa shape index (κ1) is 21.4. The molecule has 0 atom stereocenters. The number of hydrogen-bond donors (Lipinski definition) is 1. The van der Waals surface area contributed by atoms with Gasteiger partial charge in [0, 0.05) is 37.6 Å². The zero-order valence-electron chi connectivity index (χ0n) is 16.9. The number of hydrogen-bond acceptors (Lipinski definition) is 5. The van der Waals surface area contributed by atoms with E-state index in [0.717, 1.165) is 37.1 Å². The highest BCUT2D eigenvalue weighted by atomic mass is 32.2. The lowest BCUT2D eigenvalue weighted by atomic mass is 10.1. The van der Waals surface area contributed by atoms with Crippen molar-refractivity contribution in [2.24, 2.45) is 0 Å². The first-order valence-electron chi connectivity index (χ1n) is 9.75. The molecule has 0 bridgehead atoms. The number of aromatic nitrogens is 1. The summed E-state index contributed by atoms with van der Waals surface area (Å²) in [5.41, 5.74) is 2.21. The van der Waals surface area contributed by atoms with Crippen molar-refractivity contribution in [1.82, 2.24) is 19.5 Å². The van der Waals surface area contributed by atoms with E-state index < -0.39 is 10.0 Å². The molecule has 1 aromatic heterocycles. The van der Waals surface area contributed by atoms with Gasteiger partial charge in [0.2, 0.25) is 10.0 Å². The van der Waals surface area contributed by atoms with Crippen LogP contribution in [0.15, 0.2) is 48.8 Å². The lowest BCUT2D eigenvalue weighted by Crippen LogP contribution is -2.44. The molecule has 1 N–H and O–H groups in total. The van der Waals surface area contributed by atoms with E-state index in [1.54, 1.807) is 35.9 Å². The number of pyridine rings is 1. The molecule has 0 saturated carbocycles. The second-order valence-electron chi connectivity index (χ2n) is 7.54. The maximum atomic E-state index is 12.8. The van der Waals surface area contributed by atoms with Crippen LogP contribution in [0.4, 0.5) is 0 Å². The predicted molar refractivity (Wildman–Crippen MR) is 113 cm³/mol. The van der Waals surface area contributed by atoms with Crippen molar-refractivity contribution in [3.63, 3.8) is 0 Å². The lowest BCUT2D eigenvalue weighted by Gasteiger charge is -2.34. The molecule has 1 aliphatic heterocycles. The van der Waals surface area contributed by atoms with Crippen molar-refractivity contribution in [3.8, 4) is 0 Å². The zero-order chi connectivity index (χ0) is 20.9. The molecule has 1 fully saturated rings. The average Bonchev–Trinajstić information content (AvgIpc) is 2.73. The Bertz CT molecular complexity index is 909. The highest BCUT2D eigenvalue weighted by molar-refractivity contribution is 7.88. The van der Waals surface area contributed by atoms with E-state index in [2.05, 4.69) is 22.2 Å². The third kappa shape index (κ3) is 5.85. The van der Waals surface area contributed by atoms with Crippen LogP contribution in [-0.2, 0) is 22.3 Å². The van der Waals surface area contributed by atoms with Gasteiger partial charge in [0.25, 0.3) is 5.91 Å². The normalized spacial score (nSPS) is 16.1. The van der Waals surface area contributed by atoms with Crippen molar-refractivity contribution in [3.05, 3.63) is 65.5 Å². The van der Waals surface area contributed by atoms with E-state index in [9.17, 15) is 13.2 Å². The highest BCUT2D eigenvalue weighted by Crippen LogP contribution is 2.20. The average molecular weight is 417 g/mol. The molecule has 0 radical (unpaired) electrons. The SMILES string of the molecule is CN1CCC(N(C)S(=O)(=O)Cc2ccc(CNC(=O)c3ccncc3)cc2)CC1. The van der Waals surface area contributed by atoms with Crippen LogP contribution in [0.25, 0.3) is 0 Å². The molecular weight excluding hydrogens is 388 g/mol. The van der Waals surface area contributed by atoms with E-state index in [1.807, 2.05) is 24.3 Å². The molecule has 0 unspecified atom stereocenters. The van der Waals surface area contributed by atoms with Gasteiger partial charge in [-0.25, -0.2) is 12.7 Å². The van der Waals surface area contributed by atoms with Gasteiger partial charge in [-0.2, -0.15) is 0 Å². The molecule has 0 spiro atoms. The van der Waals surface area contributed by atoms with Gasteiger partial charge in [0.15, 0.2) is 0 Å². The zero-order valence-corrected chi connectivity index (χ0v) is 17.7. The third-order valence-corrected chi connectivity index (χ3v) is 7.28. The smallest absolute Gasteiger partial charge is 0.251 e. The van der Waals surface area contributed by atoms with E-state index in [4.69, 9.17) is 0 Å². The van der Waals surface area contributed by atoms with Crippen molar-refractivity contribution in [2.45, 2.75) is 31.2 Å². The van der Waals surface area contributed by atoms with Crippen molar-refractivity contribution < 1.29 is 13.2 Å². The summed E-state index contributed by atoms with van der Waals surface area (Å²) in [6, 6.07) is 10.7. The van der Waals surface area contributed by atoms with Crippen LogP contribution in [0.1, 0.15) is 34.3 Å².